The zero-order valence-electron chi connectivity index (χ0n) is 14.0. The summed E-state index contributed by atoms with van der Waals surface area (Å²) in [5.74, 6) is -1.63. The van der Waals surface area contributed by atoms with E-state index in [0.717, 1.165) is 17.7 Å². The van der Waals surface area contributed by atoms with Crippen molar-refractivity contribution in [1.82, 2.24) is 4.90 Å². The summed E-state index contributed by atoms with van der Waals surface area (Å²) in [5, 5.41) is 8.99. The molecule has 2 aromatic rings. The quantitative estimate of drug-likeness (QED) is 0.857. The van der Waals surface area contributed by atoms with Crippen molar-refractivity contribution in [3.8, 4) is 11.5 Å². The van der Waals surface area contributed by atoms with E-state index < -0.39 is 23.5 Å². The Morgan fingerprint density at radius 3 is 2.50 bits per heavy atom. The second-order valence-corrected chi connectivity index (χ2v) is 6.01. The summed E-state index contributed by atoms with van der Waals surface area (Å²) in [6.07, 6.45) is 0.0271. The van der Waals surface area contributed by atoms with E-state index in [4.69, 9.17) is 14.6 Å². The highest BCUT2D eigenvalue weighted by Crippen LogP contribution is 2.25. The van der Waals surface area contributed by atoms with Gasteiger partial charge in [-0.3, -0.25) is 4.79 Å². The molecule has 138 valence electrons. The van der Waals surface area contributed by atoms with Crippen LogP contribution in [0.3, 0.4) is 0 Å². The standard InChI is InChI=1S/C19H19F2NO4/c20-16-2-1-3-17(21)19(16)26-15-8-9-22(10-15)18(24)12-25-14-6-4-13(11-23)5-7-14/h1-7,15,23H,8-12H2. The van der Waals surface area contributed by atoms with Gasteiger partial charge in [-0.1, -0.05) is 18.2 Å². The third-order valence-corrected chi connectivity index (χ3v) is 4.17. The summed E-state index contributed by atoms with van der Waals surface area (Å²) in [4.78, 5) is 13.8. The molecule has 2 aromatic carbocycles. The fourth-order valence-electron chi connectivity index (χ4n) is 2.74. The Morgan fingerprint density at radius 1 is 1.15 bits per heavy atom. The number of para-hydroxylation sites is 1. The van der Waals surface area contributed by atoms with Crippen molar-refractivity contribution in [2.75, 3.05) is 19.7 Å². The van der Waals surface area contributed by atoms with Gasteiger partial charge in [-0.2, -0.15) is 0 Å². The number of likely N-dealkylation sites (tertiary alicyclic amines) is 1. The van der Waals surface area contributed by atoms with Gasteiger partial charge >= 0.3 is 0 Å². The maximum atomic E-state index is 13.6. The summed E-state index contributed by atoms with van der Waals surface area (Å²) in [6.45, 7) is 0.488. The largest absolute Gasteiger partial charge is 0.484 e. The first kappa shape index (κ1) is 18.1. The molecule has 1 N–H and O–H groups in total. The molecule has 0 aromatic heterocycles. The molecule has 0 saturated carbocycles. The summed E-state index contributed by atoms with van der Waals surface area (Å²) >= 11 is 0. The third-order valence-electron chi connectivity index (χ3n) is 4.17. The summed E-state index contributed by atoms with van der Waals surface area (Å²) in [7, 11) is 0. The van der Waals surface area contributed by atoms with Gasteiger partial charge < -0.3 is 19.5 Å². The third kappa shape index (κ3) is 4.29. The van der Waals surface area contributed by atoms with Crippen molar-refractivity contribution in [1.29, 1.82) is 0 Å². The van der Waals surface area contributed by atoms with E-state index in [0.29, 0.717) is 18.7 Å². The van der Waals surface area contributed by atoms with Gasteiger partial charge in [-0.15, -0.1) is 0 Å². The molecule has 5 nitrogen and oxygen atoms in total. The molecular weight excluding hydrogens is 344 g/mol. The van der Waals surface area contributed by atoms with Crippen molar-refractivity contribution < 1.29 is 28.2 Å². The number of carbonyl (C=O) groups excluding carboxylic acids is 1. The van der Waals surface area contributed by atoms with Crippen LogP contribution in [0, 0.1) is 11.6 Å². The van der Waals surface area contributed by atoms with Crippen LogP contribution in [0.15, 0.2) is 42.5 Å². The maximum Gasteiger partial charge on any atom is 0.260 e. The molecule has 0 radical (unpaired) electrons. The van der Waals surface area contributed by atoms with Crippen LogP contribution in [0.1, 0.15) is 12.0 Å². The molecule has 7 heteroatoms. The van der Waals surface area contributed by atoms with Crippen LogP contribution < -0.4 is 9.47 Å². The van der Waals surface area contributed by atoms with Crippen LogP contribution >= 0.6 is 0 Å². The minimum Gasteiger partial charge on any atom is -0.484 e. The average Bonchev–Trinajstić information content (AvgIpc) is 3.12. The maximum absolute atomic E-state index is 13.6. The zero-order valence-corrected chi connectivity index (χ0v) is 14.0. The predicted molar refractivity (Wildman–Crippen MR) is 89.8 cm³/mol. The lowest BCUT2D eigenvalue weighted by molar-refractivity contribution is -0.132. The van der Waals surface area contributed by atoms with Gasteiger partial charge in [0.15, 0.2) is 24.0 Å². The number of hydrogen-bond donors (Lipinski definition) is 1. The lowest BCUT2D eigenvalue weighted by atomic mass is 10.2. The number of nitrogens with zero attached hydrogens (tertiary/aromatic N) is 1. The molecular formula is C19H19F2NO4. The molecule has 1 fully saturated rings. The van der Waals surface area contributed by atoms with E-state index in [9.17, 15) is 13.6 Å². The Labute approximate surface area is 149 Å². The molecule has 1 amide bonds. The molecule has 1 unspecified atom stereocenters. The summed E-state index contributed by atoms with van der Waals surface area (Å²) < 4.78 is 38.1. The number of aliphatic hydroxyl groups is 1. The van der Waals surface area contributed by atoms with Gasteiger partial charge in [0.2, 0.25) is 0 Å². The molecule has 1 saturated heterocycles. The monoisotopic (exact) mass is 363 g/mol. The van der Waals surface area contributed by atoms with E-state index in [1.165, 1.54) is 6.07 Å². The number of carbonyl (C=O) groups is 1. The van der Waals surface area contributed by atoms with Gasteiger partial charge in [0.25, 0.3) is 5.91 Å². The number of hydrogen-bond acceptors (Lipinski definition) is 4. The molecule has 1 atom stereocenters. The second kappa shape index (κ2) is 8.14. The highest BCUT2D eigenvalue weighted by atomic mass is 19.1. The van der Waals surface area contributed by atoms with E-state index in [-0.39, 0.29) is 25.7 Å². The van der Waals surface area contributed by atoms with Gasteiger partial charge in [-0.25, -0.2) is 8.78 Å². The number of ether oxygens (including phenoxy) is 2. The predicted octanol–water partition coefficient (Wildman–Crippen LogP) is 2.52. The van der Waals surface area contributed by atoms with Crippen LogP contribution in [-0.2, 0) is 11.4 Å². The fraction of sp³-hybridized carbons (Fsp3) is 0.316. The average molecular weight is 363 g/mol. The van der Waals surface area contributed by atoms with Crippen LogP contribution in [-0.4, -0.2) is 41.7 Å². The van der Waals surface area contributed by atoms with Gasteiger partial charge in [-0.05, 0) is 29.8 Å². The molecule has 0 spiro atoms. The van der Waals surface area contributed by atoms with E-state index >= 15 is 0 Å². The SMILES string of the molecule is O=C(COc1ccc(CO)cc1)N1CCC(Oc2c(F)cccc2F)C1. The van der Waals surface area contributed by atoms with Crippen molar-refractivity contribution >= 4 is 5.91 Å². The highest BCUT2D eigenvalue weighted by molar-refractivity contribution is 5.78. The Kier molecular flexibility index (Phi) is 5.68. The number of benzene rings is 2. The Balaban J connectivity index is 1.50. The molecule has 26 heavy (non-hydrogen) atoms. The van der Waals surface area contributed by atoms with Crippen molar-refractivity contribution in [2.24, 2.45) is 0 Å². The van der Waals surface area contributed by atoms with E-state index in [1.54, 1.807) is 29.2 Å². The van der Waals surface area contributed by atoms with Crippen LogP contribution in [0.25, 0.3) is 0 Å². The van der Waals surface area contributed by atoms with Gasteiger partial charge in [0.05, 0.1) is 13.2 Å². The van der Waals surface area contributed by atoms with E-state index in [2.05, 4.69) is 0 Å². The summed E-state index contributed by atoms with van der Waals surface area (Å²) in [5.41, 5.74) is 0.753. The van der Waals surface area contributed by atoms with Gasteiger partial charge in [0.1, 0.15) is 11.9 Å². The Hall–Kier alpha value is -2.67. The van der Waals surface area contributed by atoms with Crippen molar-refractivity contribution in [2.45, 2.75) is 19.1 Å². The van der Waals surface area contributed by atoms with Crippen molar-refractivity contribution in [3.05, 3.63) is 59.7 Å². The van der Waals surface area contributed by atoms with Crippen LogP contribution in [0.2, 0.25) is 0 Å². The van der Waals surface area contributed by atoms with E-state index in [1.807, 2.05) is 0 Å². The molecule has 1 aliphatic rings. The first-order chi connectivity index (χ1) is 12.6. The summed E-state index contributed by atoms with van der Waals surface area (Å²) in [6, 6.07) is 10.3. The zero-order chi connectivity index (χ0) is 18.5. The molecule has 1 aliphatic heterocycles. The Bertz CT molecular complexity index is 746. The number of aliphatic hydroxyl groups excluding tert-OH is 1. The first-order valence-corrected chi connectivity index (χ1v) is 8.28. The molecule has 1 heterocycles. The number of amides is 1. The fourth-order valence-corrected chi connectivity index (χ4v) is 2.74. The first-order valence-electron chi connectivity index (χ1n) is 8.28. The minimum absolute atomic E-state index is 0.0586. The second-order valence-electron chi connectivity index (χ2n) is 6.01. The smallest absolute Gasteiger partial charge is 0.260 e. The lowest BCUT2D eigenvalue weighted by Crippen LogP contribution is -2.34. The van der Waals surface area contributed by atoms with Crippen LogP contribution in [0.5, 0.6) is 11.5 Å². The topological polar surface area (TPSA) is 59.0 Å². The van der Waals surface area contributed by atoms with Crippen molar-refractivity contribution in [3.63, 3.8) is 0 Å². The normalized spacial score (nSPS) is 16.6. The number of rotatable bonds is 6. The molecule has 0 aliphatic carbocycles. The molecule has 3 rings (SSSR count). The van der Waals surface area contributed by atoms with Crippen LogP contribution in [0.4, 0.5) is 8.78 Å². The molecule has 0 bridgehead atoms. The minimum atomic E-state index is -0.760. The number of halogens is 2. The lowest BCUT2D eigenvalue weighted by Gasteiger charge is -2.18. The van der Waals surface area contributed by atoms with Gasteiger partial charge in [0, 0.05) is 13.0 Å². The highest BCUT2D eigenvalue weighted by Gasteiger charge is 2.29. The Morgan fingerprint density at radius 2 is 1.85 bits per heavy atom.